The number of nitro groups is 1. The first kappa shape index (κ1) is 14.8. The number of hydrogen-bond acceptors (Lipinski definition) is 6. The van der Waals surface area contributed by atoms with Gasteiger partial charge in [0, 0.05) is 12.6 Å². The summed E-state index contributed by atoms with van der Waals surface area (Å²) in [5.74, 6) is -1.16. The Bertz CT molecular complexity index is 477. The van der Waals surface area contributed by atoms with E-state index >= 15 is 0 Å². The number of aromatic nitrogens is 1. The zero-order valence-electron chi connectivity index (χ0n) is 10.4. The average Bonchev–Trinajstić information content (AvgIpc) is 2.38. The Balaban J connectivity index is 2.79. The van der Waals surface area contributed by atoms with Crippen LogP contribution in [0.25, 0.3) is 0 Å². The zero-order valence-corrected chi connectivity index (χ0v) is 10.4. The monoisotopic (exact) mass is 269 g/mol. The molecule has 19 heavy (non-hydrogen) atoms. The van der Waals surface area contributed by atoms with Gasteiger partial charge in [-0.05, 0) is 12.8 Å². The molecule has 1 heterocycles. The molecule has 0 saturated carbocycles. The van der Waals surface area contributed by atoms with Crippen molar-refractivity contribution < 1.29 is 19.9 Å². The molecule has 0 aliphatic carbocycles. The molecule has 0 aliphatic heterocycles. The normalized spacial score (nSPS) is 11.9. The van der Waals surface area contributed by atoms with E-state index in [2.05, 4.69) is 10.3 Å². The van der Waals surface area contributed by atoms with Crippen LogP contribution in [0.3, 0.4) is 0 Å². The molecule has 0 aromatic carbocycles. The van der Waals surface area contributed by atoms with E-state index < -0.39 is 28.2 Å². The molecule has 0 aliphatic rings. The van der Waals surface area contributed by atoms with Crippen molar-refractivity contribution in [2.75, 3.05) is 11.9 Å². The Kier molecular flexibility index (Phi) is 5.19. The van der Waals surface area contributed by atoms with Crippen molar-refractivity contribution in [1.82, 2.24) is 4.98 Å². The third-order valence-electron chi connectivity index (χ3n) is 2.56. The Morgan fingerprint density at radius 3 is 2.84 bits per heavy atom. The molecule has 0 fully saturated rings. The van der Waals surface area contributed by atoms with Gasteiger partial charge in [0.25, 0.3) is 0 Å². The van der Waals surface area contributed by atoms with E-state index in [9.17, 15) is 20.0 Å². The maximum Gasteiger partial charge on any atom is 0.342 e. The number of rotatable bonds is 7. The number of nitrogens with zero attached hydrogens (tertiary/aromatic N) is 2. The second-order valence-corrected chi connectivity index (χ2v) is 3.93. The number of carbonyl (C=O) groups is 1. The van der Waals surface area contributed by atoms with E-state index in [4.69, 9.17) is 5.11 Å². The lowest BCUT2D eigenvalue weighted by Crippen LogP contribution is -2.13. The smallest absolute Gasteiger partial charge is 0.342 e. The number of pyridine rings is 1. The molecule has 0 bridgehead atoms. The summed E-state index contributed by atoms with van der Waals surface area (Å²) in [7, 11) is 0. The van der Waals surface area contributed by atoms with Crippen LogP contribution >= 0.6 is 0 Å². The summed E-state index contributed by atoms with van der Waals surface area (Å²) < 4.78 is 0. The molecular formula is C11H15N3O5. The summed E-state index contributed by atoms with van der Waals surface area (Å²) in [6.45, 7) is 2.25. The lowest BCUT2D eigenvalue weighted by Gasteiger charge is -2.09. The van der Waals surface area contributed by atoms with Gasteiger partial charge in [0.2, 0.25) is 0 Å². The molecule has 1 atom stereocenters. The zero-order chi connectivity index (χ0) is 14.4. The Morgan fingerprint density at radius 1 is 1.63 bits per heavy atom. The molecule has 8 heteroatoms. The first-order valence-corrected chi connectivity index (χ1v) is 5.75. The summed E-state index contributed by atoms with van der Waals surface area (Å²) in [6, 6.07) is 1.11. The van der Waals surface area contributed by atoms with Gasteiger partial charge in [-0.2, -0.15) is 0 Å². The first-order chi connectivity index (χ1) is 8.95. The van der Waals surface area contributed by atoms with Crippen LogP contribution in [0.1, 0.15) is 30.1 Å². The number of anilines is 1. The number of hydrogen-bond donors (Lipinski definition) is 3. The minimum Gasteiger partial charge on any atom is -0.477 e. The predicted octanol–water partition coefficient (Wildman–Crippen LogP) is 1.26. The second kappa shape index (κ2) is 6.64. The fourth-order valence-corrected chi connectivity index (χ4v) is 1.43. The first-order valence-electron chi connectivity index (χ1n) is 5.75. The number of carboxylic acids is 1. The average molecular weight is 269 g/mol. The molecule has 104 valence electrons. The van der Waals surface area contributed by atoms with Crippen molar-refractivity contribution in [3.63, 3.8) is 0 Å². The molecule has 8 nitrogen and oxygen atoms in total. The molecule has 1 aromatic heterocycles. The lowest BCUT2D eigenvalue weighted by molar-refractivity contribution is -0.385. The van der Waals surface area contributed by atoms with E-state index in [0.717, 1.165) is 12.3 Å². The predicted molar refractivity (Wildman–Crippen MR) is 67.3 cm³/mol. The standard InChI is InChI=1S/C11H15N3O5/c1-2-7(15)3-4-12-10-5-8(11(16)17)9(6-13-10)14(18)19/h5-7,15H,2-4H2,1H3,(H,12,13)(H,16,17). The van der Waals surface area contributed by atoms with Gasteiger partial charge in [-0.25, -0.2) is 9.78 Å². The van der Waals surface area contributed by atoms with Crippen molar-refractivity contribution in [1.29, 1.82) is 0 Å². The molecule has 0 radical (unpaired) electrons. The van der Waals surface area contributed by atoms with Crippen LogP contribution in [0, 0.1) is 10.1 Å². The number of carboxylic acid groups (broad SMARTS) is 1. The van der Waals surface area contributed by atoms with E-state index in [1.807, 2.05) is 6.92 Å². The summed E-state index contributed by atoms with van der Waals surface area (Å²) in [5, 5.41) is 31.7. The van der Waals surface area contributed by atoms with Crippen molar-refractivity contribution >= 4 is 17.5 Å². The van der Waals surface area contributed by atoms with Crippen molar-refractivity contribution in [3.8, 4) is 0 Å². The van der Waals surface area contributed by atoms with E-state index in [1.54, 1.807) is 0 Å². The van der Waals surface area contributed by atoms with Crippen LogP contribution in [-0.4, -0.2) is 38.7 Å². The van der Waals surface area contributed by atoms with Gasteiger partial charge in [-0.3, -0.25) is 10.1 Å². The van der Waals surface area contributed by atoms with Gasteiger partial charge < -0.3 is 15.5 Å². The maximum absolute atomic E-state index is 10.9. The Hall–Kier alpha value is -2.22. The lowest BCUT2D eigenvalue weighted by atomic mass is 10.2. The van der Waals surface area contributed by atoms with Crippen LogP contribution in [-0.2, 0) is 0 Å². The number of aliphatic hydroxyl groups is 1. The molecular weight excluding hydrogens is 254 g/mol. The van der Waals surface area contributed by atoms with Gasteiger partial charge in [-0.1, -0.05) is 6.92 Å². The molecule has 1 aromatic rings. The highest BCUT2D eigenvalue weighted by molar-refractivity contribution is 5.93. The SMILES string of the molecule is CCC(O)CCNc1cc(C(=O)O)c([N+](=O)[O-])cn1. The third kappa shape index (κ3) is 4.18. The van der Waals surface area contributed by atoms with Crippen LogP contribution in [0.2, 0.25) is 0 Å². The summed E-state index contributed by atoms with van der Waals surface area (Å²) in [6.07, 6.45) is 1.57. The molecule has 0 amide bonds. The highest BCUT2D eigenvalue weighted by Crippen LogP contribution is 2.20. The molecule has 0 saturated heterocycles. The van der Waals surface area contributed by atoms with Gasteiger partial charge in [0.05, 0.1) is 11.0 Å². The quantitative estimate of drug-likeness (QED) is 0.502. The molecule has 3 N–H and O–H groups in total. The molecule has 1 unspecified atom stereocenters. The van der Waals surface area contributed by atoms with Crippen LogP contribution in [0.4, 0.5) is 11.5 Å². The minimum atomic E-state index is -1.38. The highest BCUT2D eigenvalue weighted by atomic mass is 16.6. The van der Waals surface area contributed by atoms with E-state index in [1.165, 1.54) is 0 Å². The largest absolute Gasteiger partial charge is 0.477 e. The van der Waals surface area contributed by atoms with E-state index in [-0.39, 0.29) is 5.82 Å². The summed E-state index contributed by atoms with van der Waals surface area (Å²) in [5.41, 5.74) is -0.967. The Labute approximate surface area is 109 Å². The fourth-order valence-electron chi connectivity index (χ4n) is 1.43. The molecule has 0 spiro atoms. The highest BCUT2D eigenvalue weighted by Gasteiger charge is 2.20. The minimum absolute atomic E-state index is 0.228. The maximum atomic E-state index is 10.9. The van der Waals surface area contributed by atoms with Crippen LogP contribution < -0.4 is 5.32 Å². The van der Waals surface area contributed by atoms with Gasteiger partial charge in [0.1, 0.15) is 17.6 Å². The summed E-state index contributed by atoms with van der Waals surface area (Å²) >= 11 is 0. The number of aliphatic hydroxyl groups excluding tert-OH is 1. The van der Waals surface area contributed by atoms with Crippen LogP contribution in [0.15, 0.2) is 12.3 Å². The van der Waals surface area contributed by atoms with Gasteiger partial charge in [0.15, 0.2) is 0 Å². The number of nitrogens with one attached hydrogen (secondary N) is 1. The van der Waals surface area contributed by atoms with Gasteiger partial charge in [-0.15, -0.1) is 0 Å². The van der Waals surface area contributed by atoms with Crippen molar-refractivity contribution in [2.24, 2.45) is 0 Å². The number of aromatic carboxylic acids is 1. The topological polar surface area (TPSA) is 126 Å². The Morgan fingerprint density at radius 2 is 2.32 bits per heavy atom. The van der Waals surface area contributed by atoms with Crippen molar-refractivity contribution in [2.45, 2.75) is 25.9 Å². The van der Waals surface area contributed by atoms with Gasteiger partial charge >= 0.3 is 11.7 Å². The fraction of sp³-hybridized carbons (Fsp3) is 0.455. The van der Waals surface area contributed by atoms with E-state index in [0.29, 0.717) is 19.4 Å². The summed E-state index contributed by atoms with van der Waals surface area (Å²) in [4.78, 5) is 24.5. The molecule has 1 rings (SSSR count). The third-order valence-corrected chi connectivity index (χ3v) is 2.56. The van der Waals surface area contributed by atoms with Crippen LogP contribution in [0.5, 0.6) is 0 Å². The van der Waals surface area contributed by atoms with Crippen molar-refractivity contribution in [3.05, 3.63) is 27.9 Å². The second-order valence-electron chi connectivity index (χ2n) is 3.93.